The Balaban J connectivity index is 1.88. The van der Waals surface area contributed by atoms with Crippen molar-refractivity contribution in [1.29, 1.82) is 0 Å². The van der Waals surface area contributed by atoms with E-state index in [0.717, 1.165) is 0 Å². The van der Waals surface area contributed by atoms with E-state index < -0.39 is 12.6 Å². The highest BCUT2D eigenvalue weighted by Crippen LogP contribution is 2.24. The van der Waals surface area contributed by atoms with Gasteiger partial charge in [0.25, 0.3) is 5.91 Å². The minimum atomic E-state index is -1.07. The lowest BCUT2D eigenvalue weighted by atomic mass is 10.1. The average molecular weight is 370 g/mol. The average Bonchev–Trinajstić information content (AvgIpc) is 2.61. The Morgan fingerprint density at radius 3 is 2.26 bits per heavy atom. The number of carboxylic acids is 1. The van der Waals surface area contributed by atoms with Gasteiger partial charge in [0.2, 0.25) is 5.91 Å². The van der Waals surface area contributed by atoms with Crippen LogP contribution in [0.3, 0.4) is 0 Å². The van der Waals surface area contributed by atoms with Crippen molar-refractivity contribution in [1.82, 2.24) is 5.32 Å². The number of aryl methyl sites for hydroxylation is 2. The van der Waals surface area contributed by atoms with E-state index in [1.165, 1.54) is 0 Å². The highest BCUT2D eigenvalue weighted by molar-refractivity contribution is 5.96. The van der Waals surface area contributed by atoms with E-state index in [4.69, 9.17) is 9.84 Å². The zero-order valence-corrected chi connectivity index (χ0v) is 15.2. The molecule has 27 heavy (non-hydrogen) atoms. The van der Waals surface area contributed by atoms with Crippen LogP contribution in [0.1, 0.15) is 27.9 Å². The number of hydrogen-bond acceptors (Lipinski definition) is 4. The van der Waals surface area contributed by atoms with Crippen LogP contribution in [0.4, 0.5) is 5.69 Å². The Kier molecular flexibility index (Phi) is 6.93. The predicted molar refractivity (Wildman–Crippen MR) is 101 cm³/mol. The van der Waals surface area contributed by atoms with Gasteiger partial charge in [-0.3, -0.25) is 9.59 Å². The van der Waals surface area contributed by atoms with Gasteiger partial charge in [0, 0.05) is 24.2 Å². The molecule has 2 aromatic rings. The first-order chi connectivity index (χ1) is 12.9. The number of para-hydroxylation sites is 1. The third kappa shape index (κ3) is 6.14. The van der Waals surface area contributed by atoms with Crippen LogP contribution in [0.15, 0.2) is 42.5 Å². The Morgan fingerprint density at radius 2 is 1.67 bits per heavy atom. The van der Waals surface area contributed by atoms with Crippen molar-refractivity contribution in [2.75, 3.05) is 18.5 Å². The number of carbonyl (C=O) groups is 3. The second kappa shape index (κ2) is 9.38. The first kappa shape index (κ1) is 20.0. The lowest BCUT2D eigenvalue weighted by Gasteiger charge is -2.13. The summed E-state index contributed by atoms with van der Waals surface area (Å²) >= 11 is 0. The normalized spacial score (nSPS) is 10.1. The number of rotatable bonds is 8. The number of carbonyl (C=O) groups excluding carboxylic acids is 2. The molecule has 7 heteroatoms. The Labute approximate surface area is 157 Å². The van der Waals surface area contributed by atoms with Crippen molar-refractivity contribution >= 4 is 23.5 Å². The molecule has 0 fully saturated rings. The summed E-state index contributed by atoms with van der Waals surface area (Å²) in [5.41, 5.74) is 2.47. The monoisotopic (exact) mass is 370 g/mol. The highest BCUT2D eigenvalue weighted by atomic mass is 16.5. The maximum atomic E-state index is 12.3. The lowest BCUT2D eigenvalue weighted by Crippen LogP contribution is -2.27. The molecule has 0 aliphatic carbocycles. The van der Waals surface area contributed by atoms with Crippen molar-refractivity contribution in [2.45, 2.75) is 20.3 Å². The molecule has 7 nitrogen and oxygen atoms in total. The van der Waals surface area contributed by atoms with Crippen LogP contribution in [0.5, 0.6) is 5.75 Å². The first-order valence-corrected chi connectivity index (χ1v) is 8.45. The van der Waals surface area contributed by atoms with Gasteiger partial charge in [-0.25, -0.2) is 4.79 Å². The number of nitrogens with one attached hydrogen (secondary N) is 2. The van der Waals surface area contributed by atoms with Crippen LogP contribution in [0.2, 0.25) is 0 Å². The van der Waals surface area contributed by atoms with Gasteiger partial charge < -0.3 is 20.5 Å². The van der Waals surface area contributed by atoms with Gasteiger partial charge in [-0.1, -0.05) is 18.2 Å². The van der Waals surface area contributed by atoms with Gasteiger partial charge in [0.1, 0.15) is 5.75 Å². The molecular weight excluding hydrogens is 348 g/mol. The van der Waals surface area contributed by atoms with E-state index >= 15 is 0 Å². The number of carboxylic acid groups (broad SMARTS) is 1. The van der Waals surface area contributed by atoms with Crippen molar-refractivity contribution in [3.05, 3.63) is 59.2 Å². The summed E-state index contributed by atoms with van der Waals surface area (Å²) in [6.45, 7) is 3.25. The van der Waals surface area contributed by atoms with Gasteiger partial charge in [0.05, 0.1) is 0 Å². The molecule has 2 aromatic carbocycles. The molecule has 0 aliphatic rings. The van der Waals surface area contributed by atoms with Crippen LogP contribution < -0.4 is 15.4 Å². The standard InChI is InChI=1S/C20H22N2O5/c1-13-10-15(11-14(2)19(13)27-12-18(24)25)20(26)21-9-8-17(23)22-16-6-4-3-5-7-16/h3-7,10-11H,8-9,12H2,1-2H3,(H,21,26)(H,22,23)(H,24,25). The minimum absolute atomic E-state index is 0.151. The third-order valence-corrected chi connectivity index (χ3v) is 3.76. The molecule has 0 aliphatic heterocycles. The second-order valence-corrected chi connectivity index (χ2v) is 6.04. The van der Waals surface area contributed by atoms with E-state index in [1.807, 2.05) is 18.2 Å². The van der Waals surface area contributed by atoms with E-state index in [9.17, 15) is 14.4 Å². The fourth-order valence-corrected chi connectivity index (χ4v) is 2.58. The number of anilines is 1. The zero-order chi connectivity index (χ0) is 19.8. The molecule has 0 heterocycles. The summed E-state index contributed by atoms with van der Waals surface area (Å²) in [5, 5.41) is 14.2. The summed E-state index contributed by atoms with van der Waals surface area (Å²) in [4.78, 5) is 34.8. The van der Waals surface area contributed by atoms with Gasteiger partial charge in [-0.2, -0.15) is 0 Å². The molecule has 0 radical (unpaired) electrons. The number of hydrogen-bond donors (Lipinski definition) is 3. The molecular formula is C20H22N2O5. The van der Waals surface area contributed by atoms with Gasteiger partial charge in [0.15, 0.2) is 6.61 Å². The third-order valence-electron chi connectivity index (χ3n) is 3.76. The number of aliphatic carboxylic acids is 1. The molecule has 0 saturated heterocycles. The molecule has 142 valence electrons. The van der Waals surface area contributed by atoms with E-state index in [2.05, 4.69) is 10.6 Å². The zero-order valence-electron chi connectivity index (χ0n) is 15.2. The van der Waals surface area contributed by atoms with Crippen molar-refractivity contribution < 1.29 is 24.2 Å². The summed E-state index contributed by atoms with van der Waals surface area (Å²) in [6.07, 6.45) is 0.151. The Bertz CT molecular complexity index is 811. The van der Waals surface area contributed by atoms with E-state index in [1.54, 1.807) is 38.1 Å². The summed E-state index contributed by atoms with van der Waals surface area (Å²) in [6, 6.07) is 12.3. The highest BCUT2D eigenvalue weighted by Gasteiger charge is 2.13. The van der Waals surface area contributed by atoms with Crippen LogP contribution in [-0.2, 0) is 9.59 Å². The molecule has 2 rings (SSSR count). The predicted octanol–water partition coefficient (Wildman–Crippen LogP) is 2.53. The van der Waals surface area contributed by atoms with Crippen LogP contribution in [0, 0.1) is 13.8 Å². The molecule has 3 N–H and O–H groups in total. The van der Waals surface area contributed by atoms with Gasteiger partial charge in [-0.05, 0) is 49.2 Å². The molecule has 0 spiro atoms. The fraction of sp³-hybridized carbons (Fsp3) is 0.250. The molecule has 0 unspecified atom stereocenters. The second-order valence-electron chi connectivity index (χ2n) is 6.04. The van der Waals surface area contributed by atoms with Crippen molar-refractivity contribution in [2.24, 2.45) is 0 Å². The van der Waals surface area contributed by atoms with Crippen LogP contribution in [0.25, 0.3) is 0 Å². The Hall–Kier alpha value is -3.35. The SMILES string of the molecule is Cc1cc(C(=O)NCCC(=O)Nc2ccccc2)cc(C)c1OCC(=O)O. The molecule has 0 atom stereocenters. The lowest BCUT2D eigenvalue weighted by molar-refractivity contribution is -0.139. The maximum Gasteiger partial charge on any atom is 0.341 e. The topological polar surface area (TPSA) is 105 Å². The molecule has 2 amide bonds. The maximum absolute atomic E-state index is 12.3. The summed E-state index contributed by atoms with van der Waals surface area (Å²) < 4.78 is 5.25. The fourth-order valence-electron chi connectivity index (χ4n) is 2.58. The van der Waals surface area contributed by atoms with Gasteiger partial charge >= 0.3 is 5.97 Å². The quantitative estimate of drug-likeness (QED) is 0.662. The molecule has 0 saturated carbocycles. The largest absolute Gasteiger partial charge is 0.481 e. The number of benzene rings is 2. The van der Waals surface area contributed by atoms with Crippen molar-refractivity contribution in [3.63, 3.8) is 0 Å². The summed E-state index contributed by atoms with van der Waals surface area (Å²) in [7, 11) is 0. The number of amides is 2. The summed E-state index contributed by atoms with van der Waals surface area (Å²) in [5.74, 6) is -1.11. The molecule has 0 bridgehead atoms. The van der Waals surface area contributed by atoms with E-state index in [-0.39, 0.29) is 24.8 Å². The van der Waals surface area contributed by atoms with Gasteiger partial charge in [-0.15, -0.1) is 0 Å². The smallest absolute Gasteiger partial charge is 0.341 e. The number of ether oxygens (including phenoxy) is 1. The molecule has 0 aromatic heterocycles. The van der Waals surface area contributed by atoms with E-state index in [0.29, 0.717) is 28.1 Å². The Morgan fingerprint density at radius 1 is 1.04 bits per heavy atom. The van der Waals surface area contributed by atoms with Crippen LogP contribution in [-0.4, -0.2) is 36.0 Å². The van der Waals surface area contributed by atoms with Crippen molar-refractivity contribution in [3.8, 4) is 5.75 Å². The minimum Gasteiger partial charge on any atom is -0.481 e. The van der Waals surface area contributed by atoms with Crippen LogP contribution >= 0.6 is 0 Å². The first-order valence-electron chi connectivity index (χ1n) is 8.45.